The number of hydrogen-bond acceptors (Lipinski definition) is 4. The highest BCUT2D eigenvalue weighted by molar-refractivity contribution is 6.33. The van der Waals surface area contributed by atoms with E-state index in [0.717, 1.165) is 12.0 Å². The molecule has 0 aliphatic rings. The summed E-state index contributed by atoms with van der Waals surface area (Å²) >= 11 is 12.5. The molecular formula is C22H21Cl2NO4. The van der Waals surface area contributed by atoms with Crippen LogP contribution in [0.4, 0.5) is 0 Å². The third-order valence-electron chi connectivity index (χ3n) is 4.62. The number of aryl methyl sites for hydroxylation is 1. The van der Waals surface area contributed by atoms with Gasteiger partial charge in [0.15, 0.2) is 12.4 Å². The Hall–Kier alpha value is -2.50. The highest BCUT2D eigenvalue weighted by Crippen LogP contribution is 2.36. The molecule has 1 unspecified atom stereocenters. The SMILES string of the molecule is CCC(C)NC(=O)COc1c(-c2ccccc2Cl)oc2cc(C)c(Cl)cc2c1=O. The van der Waals surface area contributed by atoms with Gasteiger partial charge in [-0.3, -0.25) is 9.59 Å². The first kappa shape index (κ1) is 21.2. The zero-order valence-corrected chi connectivity index (χ0v) is 17.9. The van der Waals surface area contributed by atoms with E-state index in [2.05, 4.69) is 5.32 Å². The van der Waals surface area contributed by atoms with Crippen LogP contribution >= 0.6 is 23.2 Å². The predicted octanol–water partition coefficient (Wildman–Crippen LogP) is 5.37. The Balaban J connectivity index is 2.12. The Morgan fingerprint density at radius 2 is 1.93 bits per heavy atom. The molecule has 3 aromatic rings. The number of carbonyl (C=O) groups is 1. The van der Waals surface area contributed by atoms with Crippen molar-refractivity contribution in [2.24, 2.45) is 0 Å². The Kier molecular flexibility index (Phi) is 6.50. The Morgan fingerprint density at radius 3 is 2.62 bits per heavy atom. The van der Waals surface area contributed by atoms with Crippen LogP contribution in [-0.4, -0.2) is 18.6 Å². The Labute approximate surface area is 178 Å². The average Bonchev–Trinajstić information content (AvgIpc) is 2.69. The lowest BCUT2D eigenvalue weighted by Crippen LogP contribution is -2.36. The van der Waals surface area contributed by atoms with E-state index in [0.29, 0.717) is 21.2 Å². The predicted molar refractivity (Wildman–Crippen MR) is 116 cm³/mol. The molecule has 1 heterocycles. The van der Waals surface area contributed by atoms with Crippen molar-refractivity contribution < 1.29 is 13.9 Å². The van der Waals surface area contributed by atoms with Crippen molar-refractivity contribution in [3.63, 3.8) is 0 Å². The number of amides is 1. The standard InChI is InChI=1S/C22H21Cl2NO4/c1-4-13(3)25-19(26)11-28-22-20(27)15-10-17(24)12(2)9-18(15)29-21(22)14-7-5-6-8-16(14)23/h5-10,13H,4,11H2,1-3H3,(H,25,26). The molecule has 0 aliphatic heterocycles. The first-order valence-corrected chi connectivity index (χ1v) is 10.0. The Morgan fingerprint density at radius 1 is 1.21 bits per heavy atom. The van der Waals surface area contributed by atoms with Crippen LogP contribution in [0.5, 0.6) is 5.75 Å². The average molecular weight is 434 g/mol. The van der Waals surface area contributed by atoms with Crippen LogP contribution in [-0.2, 0) is 4.79 Å². The molecule has 1 atom stereocenters. The van der Waals surface area contributed by atoms with Gasteiger partial charge < -0.3 is 14.5 Å². The lowest BCUT2D eigenvalue weighted by Gasteiger charge is -2.14. The molecule has 0 saturated carbocycles. The van der Waals surface area contributed by atoms with Crippen molar-refractivity contribution in [2.45, 2.75) is 33.2 Å². The zero-order valence-electron chi connectivity index (χ0n) is 16.3. The molecule has 29 heavy (non-hydrogen) atoms. The minimum absolute atomic E-state index is 0.00364. The van der Waals surface area contributed by atoms with Crippen LogP contribution in [0.1, 0.15) is 25.8 Å². The second kappa shape index (κ2) is 8.89. The van der Waals surface area contributed by atoms with Crippen molar-refractivity contribution >= 4 is 40.1 Å². The van der Waals surface area contributed by atoms with Gasteiger partial charge >= 0.3 is 0 Å². The van der Waals surface area contributed by atoms with Crippen LogP contribution in [0.15, 0.2) is 45.6 Å². The molecular weight excluding hydrogens is 413 g/mol. The van der Waals surface area contributed by atoms with Gasteiger partial charge in [0, 0.05) is 16.6 Å². The topological polar surface area (TPSA) is 68.5 Å². The van der Waals surface area contributed by atoms with E-state index in [1.54, 1.807) is 36.4 Å². The van der Waals surface area contributed by atoms with E-state index >= 15 is 0 Å². The number of hydrogen-bond donors (Lipinski definition) is 1. The van der Waals surface area contributed by atoms with Crippen molar-refractivity contribution in [2.75, 3.05) is 6.61 Å². The number of nitrogens with one attached hydrogen (secondary N) is 1. The van der Waals surface area contributed by atoms with Crippen molar-refractivity contribution in [3.8, 4) is 17.1 Å². The van der Waals surface area contributed by atoms with Crippen LogP contribution < -0.4 is 15.5 Å². The lowest BCUT2D eigenvalue weighted by molar-refractivity contribution is -0.123. The summed E-state index contributed by atoms with van der Waals surface area (Å²) in [5, 5.41) is 3.91. The van der Waals surface area contributed by atoms with Crippen LogP contribution in [0.2, 0.25) is 10.0 Å². The second-order valence-electron chi connectivity index (χ2n) is 6.83. The summed E-state index contributed by atoms with van der Waals surface area (Å²) in [5.74, 6) is -0.234. The summed E-state index contributed by atoms with van der Waals surface area (Å²) in [6.45, 7) is 5.35. The van der Waals surface area contributed by atoms with Crippen molar-refractivity contribution in [3.05, 3.63) is 62.2 Å². The molecule has 0 spiro atoms. The first-order valence-electron chi connectivity index (χ1n) is 9.25. The van der Waals surface area contributed by atoms with E-state index in [1.165, 1.54) is 0 Å². The van der Waals surface area contributed by atoms with Crippen LogP contribution in [0.3, 0.4) is 0 Å². The van der Waals surface area contributed by atoms with Gasteiger partial charge in [-0.2, -0.15) is 0 Å². The molecule has 1 aromatic heterocycles. The number of rotatable bonds is 6. The third kappa shape index (κ3) is 4.57. The molecule has 3 rings (SSSR count). The minimum Gasteiger partial charge on any atom is -0.476 e. The lowest BCUT2D eigenvalue weighted by atomic mass is 10.1. The van der Waals surface area contributed by atoms with Gasteiger partial charge in [0.1, 0.15) is 5.58 Å². The summed E-state index contributed by atoms with van der Waals surface area (Å²) in [4.78, 5) is 25.3. The maximum atomic E-state index is 13.2. The maximum Gasteiger partial charge on any atom is 0.258 e. The minimum atomic E-state index is -0.417. The monoisotopic (exact) mass is 433 g/mol. The number of carbonyl (C=O) groups excluding carboxylic acids is 1. The molecule has 0 radical (unpaired) electrons. The van der Waals surface area contributed by atoms with Gasteiger partial charge in [-0.25, -0.2) is 0 Å². The van der Waals surface area contributed by atoms with Crippen LogP contribution in [0, 0.1) is 6.92 Å². The highest BCUT2D eigenvalue weighted by Gasteiger charge is 2.21. The van der Waals surface area contributed by atoms with Crippen molar-refractivity contribution in [1.29, 1.82) is 0 Å². The van der Waals surface area contributed by atoms with Crippen molar-refractivity contribution in [1.82, 2.24) is 5.32 Å². The molecule has 2 aromatic carbocycles. The summed E-state index contributed by atoms with van der Waals surface area (Å²) < 4.78 is 11.7. The fourth-order valence-corrected chi connectivity index (χ4v) is 3.19. The number of benzene rings is 2. The molecule has 0 aliphatic carbocycles. The number of fused-ring (bicyclic) bond motifs is 1. The van der Waals surface area contributed by atoms with Gasteiger partial charge in [-0.15, -0.1) is 0 Å². The third-order valence-corrected chi connectivity index (χ3v) is 5.35. The quantitative estimate of drug-likeness (QED) is 0.567. The van der Waals surface area contributed by atoms with Crippen LogP contribution in [0.25, 0.3) is 22.3 Å². The molecule has 5 nitrogen and oxygen atoms in total. The van der Waals surface area contributed by atoms with Gasteiger partial charge in [0.2, 0.25) is 11.2 Å². The van der Waals surface area contributed by atoms with E-state index < -0.39 is 5.43 Å². The smallest absolute Gasteiger partial charge is 0.258 e. The summed E-state index contributed by atoms with van der Waals surface area (Å²) in [5.41, 5.74) is 1.22. The fraction of sp³-hybridized carbons (Fsp3) is 0.273. The van der Waals surface area contributed by atoms with Gasteiger partial charge in [0.25, 0.3) is 5.91 Å². The molecule has 0 fully saturated rings. The first-order chi connectivity index (χ1) is 13.8. The molecule has 0 bridgehead atoms. The number of ether oxygens (including phenoxy) is 1. The van der Waals surface area contributed by atoms with Gasteiger partial charge in [0.05, 0.1) is 10.4 Å². The second-order valence-corrected chi connectivity index (χ2v) is 7.65. The summed E-state index contributed by atoms with van der Waals surface area (Å²) in [6.07, 6.45) is 0.784. The maximum absolute atomic E-state index is 13.2. The zero-order chi connectivity index (χ0) is 21.1. The van der Waals surface area contributed by atoms with E-state index in [1.807, 2.05) is 20.8 Å². The van der Waals surface area contributed by atoms with Gasteiger partial charge in [-0.05, 0) is 50.1 Å². The Bertz CT molecular complexity index is 1120. The number of halogens is 2. The molecule has 7 heteroatoms. The van der Waals surface area contributed by atoms with E-state index in [4.69, 9.17) is 32.4 Å². The molecule has 152 valence electrons. The largest absolute Gasteiger partial charge is 0.476 e. The summed E-state index contributed by atoms with van der Waals surface area (Å²) in [6, 6.07) is 10.2. The van der Waals surface area contributed by atoms with Gasteiger partial charge in [-0.1, -0.05) is 42.3 Å². The normalized spacial score (nSPS) is 12.0. The fourth-order valence-electron chi connectivity index (χ4n) is 2.81. The summed E-state index contributed by atoms with van der Waals surface area (Å²) in [7, 11) is 0. The molecule has 1 amide bonds. The molecule has 0 saturated heterocycles. The van der Waals surface area contributed by atoms with E-state index in [9.17, 15) is 9.59 Å². The molecule has 1 N–H and O–H groups in total. The van der Waals surface area contributed by atoms with E-state index in [-0.39, 0.29) is 35.5 Å². The highest BCUT2D eigenvalue weighted by atomic mass is 35.5.